The van der Waals surface area contributed by atoms with Crippen LogP contribution >= 0.6 is 0 Å². The van der Waals surface area contributed by atoms with E-state index in [1.807, 2.05) is 0 Å². The van der Waals surface area contributed by atoms with Gasteiger partial charge in [0.2, 0.25) is 5.91 Å². The maximum Gasteiger partial charge on any atom is 0.305 e. The van der Waals surface area contributed by atoms with E-state index in [0.717, 1.165) is 12.8 Å². The van der Waals surface area contributed by atoms with Gasteiger partial charge >= 0.3 is 5.97 Å². The number of aliphatic carboxylic acids is 1. The summed E-state index contributed by atoms with van der Waals surface area (Å²) < 4.78 is 0. The molecular weight excluding hydrogens is 220 g/mol. The average Bonchev–Trinajstić information content (AvgIpc) is 2.15. The lowest BCUT2D eigenvalue weighted by Gasteiger charge is -2.36. The van der Waals surface area contributed by atoms with Crippen molar-refractivity contribution in [3.63, 3.8) is 0 Å². The highest BCUT2D eigenvalue weighted by molar-refractivity contribution is 5.86. The molecule has 1 aliphatic rings. The standard InChI is InChI=1S/C12H22N2O3/c1-8-4-3-5-12(13,7-8)11(17)14-9(2)6-10(15)16/h8-9H,3-7,13H2,1-2H3,(H,14,17)(H,15,16). The number of carbonyl (C=O) groups is 2. The lowest BCUT2D eigenvalue weighted by Crippen LogP contribution is -2.57. The van der Waals surface area contributed by atoms with Crippen molar-refractivity contribution < 1.29 is 14.7 Å². The van der Waals surface area contributed by atoms with E-state index in [9.17, 15) is 9.59 Å². The van der Waals surface area contributed by atoms with Crippen molar-refractivity contribution in [2.45, 2.75) is 57.5 Å². The molecule has 0 heterocycles. The van der Waals surface area contributed by atoms with Gasteiger partial charge < -0.3 is 16.2 Å². The Bertz CT molecular complexity index is 306. The fourth-order valence-electron chi connectivity index (χ4n) is 2.48. The molecule has 3 unspecified atom stereocenters. The molecule has 0 aromatic carbocycles. The van der Waals surface area contributed by atoms with Crippen molar-refractivity contribution in [2.75, 3.05) is 0 Å². The number of carbonyl (C=O) groups excluding carboxylic acids is 1. The second-order valence-electron chi connectivity index (χ2n) is 5.33. The van der Waals surface area contributed by atoms with Gasteiger partial charge in [0.15, 0.2) is 0 Å². The van der Waals surface area contributed by atoms with Crippen LogP contribution in [0.5, 0.6) is 0 Å². The third-order valence-electron chi connectivity index (χ3n) is 3.34. The zero-order valence-electron chi connectivity index (χ0n) is 10.5. The van der Waals surface area contributed by atoms with E-state index >= 15 is 0 Å². The molecule has 0 saturated heterocycles. The van der Waals surface area contributed by atoms with Gasteiger partial charge in [-0.3, -0.25) is 9.59 Å². The van der Waals surface area contributed by atoms with E-state index in [1.54, 1.807) is 6.92 Å². The van der Waals surface area contributed by atoms with Crippen LogP contribution in [0.4, 0.5) is 0 Å². The Morgan fingerprint density at radius 3 is 2.76 bits per heavy atom. The van der Waals surface area contributed by atoms with Gasteiger partial charge in [0, 0.05) is 6.04 Å². The minimum absolute atomic E-state index is 0.0721. The zero-order chi connectivity index (χ0) is 13.1. The first kappa shape index (κ1) is 14.0. The number of nitrogens with one attached hydrogen (secondary N) is 1. The van der Waals surface area contributed by atoms with Gasteiger partial charge in [0.1, 0.15) is 0 Å². The molecule has 1 amide bonds. The fraction of sp³-hybridized carbons (Fsp3) is 0.833. The maximum absolute atomic E-state index is 12.0. The summed E-state index contributed by atoms with van der Waals surface area (Å²) in [4.78, 5) is 22.5. The zero-order valence-corrected chi connectivity index (χ0v) is 10.5. The number of hydrogen-bond acceptors (Lipinski definition) is 3. The largest absolute Gasteiger partial charge is 0.481 e. The molecule has 1 aliphatic carbocycles. The van der Waals surface area contributed by atoms with Crippen molar-refractivity contribution >= 4 is 11.9 Å². The Kier molecular flexibility index (Phi) is 4.51. The van der Waals surface area contributed by atoms with Crippen LogP contribution in [0.2, 0.25) is 0 Å². The molecular formula is C12H22N2O3. The molecule has 0 spiro atoms. The van der Waals surface area contributed by atoms with Crippen molar-refractivity contribution in [3.8, 4) is 0 Å². The number of rotatable bonds is 4. The number of carboxylic acids is 1. The highest BCUT2D eigenvalue weighted by atomic mass is 16.4. The van der Waals surface area contributed by atoms with Crippen molar-refractivity contribution in [3.05, 3.63) is 0 Å². The number of carboxylic acid groups (broad SMARTS) is 1. The van der Waals surface area contributed by atoms with Crippen LogP contribution in [0.25, 0.3) is 0 Å². The van der Waals surface area contributed by atoms with Gasteiger partial charge in [-0.15, -0.1) is 0 Å². The molecule has 1 fully saturated rings. The summed E-state index contributed by atoms with van der Waals surface area (Å²) in [7, 11) is 0. The molecule has 1 saturated carbocycles. The molecule has 98 valence electrons. The molecule has 0 radical (unpaired) electrons. The molecule has 3 atom stereocenters. The van der Waals surface area contributed by atoms with Crippen LogP contribution in [0.1, 0.15) is 46.0 Å². The summed E-state index contributed by atoms with van der Waals surface area (Å²) in [5.74, 6) is -0.673. The number of nitrogens with two attached hydrogens (primary N) is 1. The predicted molar refractivity (Wildman–Crippen MR) is 64.4 cm³/mol. The van der Waals surface area contributed by atoms with Crippen molar-refractivity contribution in [1.82, 2.24) is 5.32 Å². The minimum atomic E-state index is -0.916. The third kappa shape index (κ3) is 4.00. The van der Waals surface area contributed by atoms with Crippen molar-refractivity contribution in [1.29, 1.82) is 0 Å². The summed E-state index contributed by atoms with van der Waals surface area (Å²) in [6.45, 7) is 3.77. The van der Waals surface area contributed by atoms with Crippen LogP contribution in [0.3, 0.4) is 0 Å². The van der Waals surface area contributed by atoms with Crippen LogP contribution < -0.4 is 11.1 Å². The predicted octanol–water partition coefficient (Wildman–Crippen LogP) is 0.873. The summed E-state index contributed by atoms with van der Waals surface area (Å²) >= 11 is 0. The van der Waals surface area contributed by atoms with Crippen LogP contribution in [0, 0.1) is 5.92 Å². The first-order valence-corrected chi connectivity index (χ1v) is 6.15. The highest BCUT2D eigenvalue weighted by Crippen LogP contribution is 2.30. The van der Waals surface area contributed by atoms with E-state index < -0.39 is 11.5 Å². The Labute approximate surface area is 102 Å². The smallest absolute Gasteiger partial charge is 0.305 e. The molecule has 5 heteroatoms. The summed E-state index contributed by atoms with van der Waals surface area (Å²) in [5.41, 5.74) is 5.30. The molecule has 5 nitrogen and oxygen atoms in total. The average molecular weight is 242 g/mol. The quantitative estimate of drug-likeness (QED) is 0.682. The molecule has 0 bridgehead atoms. The lowest BCUT2D eigenvalue weighted by atomic mass is 9.76. The summed E-state index contributed by atoms with van der Waals surface area (Å²) in [6.07, 6.45) is 3.36. The lowest BCUT2D eigenvalue weighted by molar-refractivity contribution is -0.137. The Balaban J connectivity index is 2.53. The molecule has 0 aromatic heterocycles. The monoisotopic (exact) mass is 242 g/mol. The molecule has 4 N–H and O–H groups in total. The molecule has 0 aromatic rings. The number of hydrogen-bond donors (Lipinski definition) is 3. The Hall–Kier alpha value is -1.10. The Morgan fingerprint density at radius 2 is 2.24 bits per heavy atom. The molecule has 17 heavy (non-hydrogen) atoms. The normalized spacial score (nSPS) is 30.6. The van der Waals surface area contributed by atoms with E-state index in [2.05, 4.69) is 12.2 Å². The van der Waals surface area contributed by atoms with Gasteiger partial charge in [-0.05, 0) is 25.7 Å². The van der Waals surface area contributed by atoms with Gasteiger partial charge in [0.05, 0.1) is 12.0 Å². The van der Waals surface area contributed by atoms with Gasteiger partial charge in [0.25, 0.3) is 0 Å². The SMILES string of the molecule is CC1CCCC(N)(C(=O)NC(C)CC(=O)O)C1. The first-order valence-electron chi connectivity index (χ1n) is 6.15. The molecule has 0 aliphatic heterocycles. The highest BCUT2D eigenvalue weighted by Gasteiger charge is 2.38. The van der Waals surface area contributed by atoms with E-state index in [1.165, 1.54) is 0 Å². The van der Waals surface area contributed by atoms with Crippen LogP contribution in [-0.4, -0.2) is 28.6 Å². The van der Waals surface area contributed by atoms with Gasteiger partial charge in [-0.2, -0.15) is 0 Å². The van der Waals surface area contributed by atoms with E-state index in [0.29, 0.717) is 18.8 Å². The first-order chi connectivity index (χ1) is 7.83. The maximum atomic E-state index is 12.0. The second-order valence-corrected chi connectivity index (χ2v) is 5.33. The number of amides is 1. The topological polar surface area (TPSA) is 92.4 Å². The van der Waals surface area contributed by atoms with Gasteiger partial charge in [-0.1, -0.05) is 19.8 Å². The van der Waals surface area contributed by atoms with Crippen LogP contribution in [-0.2, 0) is 9.59 Å². The summed E-state index contributed by atoms with van der Waals surface area (Å²) in [6, 6.07) is -0.377. The van der Waals surface area contributed by atoms with Crippen molar-refractivity contribution in [2.24, 2.45) is 11.7 Å². The van der Waals surface area contributed by atoms with E-state index in [-0.39, 0.29) is 18.4 Å². The molecule has 1 rings (SSSR count). The van der Waals surface area contributed by atoms with Gasteiger partial charge in [-0.25, -0.2) is 0 Å². The van der Waals surface area contributed by atoms with Crippen LogP contribution in [0.15, 0.2) is 0 Å². The van der Waals surface area contributed by atoms with E-state index in [4.69, 9.17) is 10.8 Å². The third-order valence-corrected chi connectivity index (χ3v) is 3.34. The Morgan fingerprint density at radius 1 is 1.59 bits per heavy atom. The summed E-state index contributed by atoms with van der Waals surface area (Å²) in [5, 5.41) is 11.3. The fourth-order valence-corrected chi connectivity index (χ4v) is 2.48. The second kappa shape index (κ2) is 5.49. The minimum Gasteiger partial charge on any atom is -0.481 e.